The number of carboxylic acid groups (broad SMARTS) is 2. The number of carboxylic acids is 2. The van der Waals surface area contributed by atoms with Crippen molar-refractivity contribution >= 4 is 60.4 Å². The minimum absolute atomic E-state index is 0.00548. The number of aliphatic carboxylic acids is 2. The van der Waals surface area contributed by atoms with Gasteiger partial charge >= 0.3 is 24.3 Å². The molecule has 0 fully saturated rings. The van der Waals surface area contributed by atoms with Gasteiger partial charge in [0.15, 0.2) is 0 Å². The summed E-state index contributed by atoms with van der Waals surface area (Å²) in [6.45, 7) is 7.62. The van der Waals surface area contributed by atoms with Crippen LogP contribution >= 0.6 is 27.5 Å². The number of nitrogens with one attached hydrogen (secondary N) is 2. The van der Waals surface area contributed by atoms with Gasteiger partial charge in [0.2, 0.25) is 5.13 Å². The van der Waals surface area contributed by atoms with Gasteiger partial charge in [-0.1, -0.05) is 13.8 Å². The van der Waals surface area contributed by atoms with Gasteiger partial charge in [0, 0.05) is 30.3 Å². The summed E-state index contributed by atoms with van der Waals surface area (Å²) in [4.78, 5) is 25.9. The van der Waals surface area contributed by atoms with Crippen LogP contribution in [0.4, 0.5) is 37.3 Å². The van der Waals surface area contributed by atoms with Crippen LogP contribution in [0.25, 0.3) is 0 Å². The molecular formula is C21H30BrF6N7O6S2. The van der Waals surface area contributed by atoms with Crippen molar-refractivity contribution in [3.8, 4) is 0 Å². The summed E-state index contributed by atoms with van der Waals surface area (Å²) in [5.41, 5.74) is 12.0. The molecule has 0 aromatic carbocycles. The number of alkyl halides is 6. The third kappa shape index (κ3) is 16.0. The summed E-state index contributed by atoms with van der Waals surface area (Å²) in [7, 11) is -3.79. The molecule has 2 aromatic heterocycles. The maximum absolute atomic E-state index is 12.5. The molecule has 2 atom stereocenters. The molecule has 2 heterocycles. The molecule has 22 heteroatoms. The van der Waals surface area contributed by atoms with Crippen LogP contribution in [0.15, 0.2) is 28.0 Å². The molecule has 246 valence electrons. The summed E-state index contributed by atoms with van der Waals surface area (Å²) >= 11 is 4.36. The molecule has 2 unspecified atom stereocenters. The van der Waals surface area contributed by atoms with E-state index >= 15 is 0 Å². The van der Waals surface area contributed by atoms with E-state index in [1.54, 1.807) is 0 Å². The van der Waals surface area contributed by atoms with Crippen LogP contribution in [0.2, 0.25) is 0 Å². The van der Waals surface area contributed by atoms with E-state index in [2.05, 4.69) is 54.2 Å². The van der Waals surface area contributed by atoms with Crippen molar-refractivity contribution in [2.24, 2.45) is 22.8 Å². The third-order valence-corrected chi connectivity index (χ3v) is 7.73. The fourth-order valence-corrected chi connectivity index (χ4v) is 5.24. The molecule has 8 N–H and O–H groups in total. The monoisotopic (exact) mass is 733 g/mol. The zero-order chi connectivity index (χ0) is 33.8. The lowest BCUT2D eigenvalue weighted by Crippen LogP contribution is -2.36. The van der Waals surface area contributed by atoms with Crippen LogP contribution in [-0.4, -0.2) is 76.4 Å². The van der Waals surface area contributed by atoms with Crippen LogP contribution < -0.4 is 21.5 Å². The first kappa shape index (κ1) is 40.2. The molecule has 0 spiro atoms. The molecule has 43 heavy (non-hydrogen) atoms. The highest BCUT2D eigenvalue weighted by Gasteiger charge is 2.39. The highest BCUT2D eigenvalue weighted by Crippen LogP contribution is 2.31. The number of hydrogen-bond acceptors (Lipinski definition) is 11. The smallest absolute Gasteiger partial charge is 0.475 e. The standard InChI is InChI=1S/C17H28BrN7O2S2.2C2HF3O2/c1-11(20)12(7-17(2,3)4-5-19)8-21-15-14(18)6-13(9-22-15)29(26,27)25-16-23-10-24-28-16;2*3-2(4,5)1(6)7/h6,9-12H,4-5,7-8,19-20H2,1-3H3,(H,21,22)(H,23,24,25);2*(H,6,7). The number of pyridine rings is 1. The summed E-state index contributed by atoms with van der Waals surface area (Å²) < 4.78 is 95.1. The summed E-state index contributed by atoms with van der Waals surface area (Å²) in [5, 5.41) is 17.7. The van der Waals surface area contributed by atoms with Crippen LogP contribution in [0.5, 0.6) is 0 Å². The highest BCUT2D eigenvalue weighted by molar-refractivity contribution is 9.10. The van der Waals surface area contributed by atoms with Crippen LogP contribution in [0.1, 0.15) is 33.6 Å². The second-order valence-electron chi connectivity index (χ2n) is 9.37. The minimum atomic E-state index is -5.08. The van der Waals surface area contributed by atoms with Crippen molar-refractivity contribution in [3.05, 3.63) is 23.1 Å². The van der Waals surface area contributed by atoms with Gasteiger partial charge < -0.3 is 27.0 Å². The first-order valence-corrected chi connectivity index (χ1v) is 14.7. The molecule has 2 rings (SSSR count). The van der Waals surface area contributed by atoms with E-state index in [0.717, 1.165) is 24.4 Å². The van der Waals surface area contributed by atoms with Gasteiger partial charge in [-0.15, -0.1) is 0 Å². The summed E-state index contributed by atoms with van der Waals surface area (Å²) in [5.74, 6) is -4.74. The first-order valence-electron chi connectivity index (χ1n) is 11.7. The number of sulfonamides is 1. The Bertz CT molecular complexity index is 1260. The fraction of sp³-hybridized carbons (Fsp3) is 0.571. The zero-order valence-electron chi connectivity index (χ0n) is 22.7. The Morgan fingerprint density at radius 2 is 1.60 bits per heavy atom. The molecule has 13 nitrogen and oxygen atoms in total. The van der Waals surface area contributed by atoms with Crippen molar-refractivity contribution in [1.82, 2.24) is 14.3 Å². The van der Waals surface area contributed by atoms with Gasteiger partial charge in [-0.05, 0) is 59.6 Å². The minimum Gasteiger partial charge on any atom is -0.475 e. The van der Waals surface area contributed by atoms with Crippen LogP contribution in [-0.2, 0) is 19.6 Å². The number of nitrogens with two attached hydrogens (primary N) is 2. The maximum Gasteiger partial charge on any atom is 0.490 e. The van der Waals surface area contributed by atoms with Crippen LogP contribution in [0, 0.1) is 11.3 Å². The predicted molar refractivity (Wildman–Crippen MR) is 148 cm³/mol. The number of hydrogen-bond donors (Lipinski definition) is 6. The molecule has 0 saturated heterocycles. The number of halogens is 7. The molecule has 0 aliphatic carbocycles. The molecular weight excluding hydrogens is 704 g/mol. The molecule has 2 aromatic rings. The predicted octanol–water partition coefficient (Wildman–Crippen LogP) is 3.90. The third-order valence-electron chi connectivity index (χ3n) is 5.11. The van der Waals surface area contributed by atoms with Crippen molar-refractivity contribution in [2.75, 3.05) is 23.1 Å². The Hall–Kier alpha value is -2.82. The second kappa shape index (κ2) is 16.9. The van der Waals surface area contributed by atoms with Crippen molar-refractivity contribution in [1.29, 1.82) is 0 Å². The lowest BCUT2D eigenvalue weighted by molar-refractivity contribution is -0.193. The Balaban J connectivity index is 0.00000104. The molecule has 0 saturated carbocycles. The fourth-order valence-electron chi connectivity index (χ4n) is 2.96. The largest absolute Gasteiger partial charge is 0.490 e. The topological polar surface area (TPSA) is 224 Å². The van der Waals surface area contributed by atoms with E-state index in [-0.39, 0.29) is 27.4 Å². The normalized spacial score (nSPS) is 13.4. The van der Waals surface area contributed by atoms with Crippen LogP contribution in [0.3, 0.4) is 0 Å². The maximum atomic E-state index is 12.5. The van der Waals surface area contributed by atoms with E-state index < -0.39 is 34.3 Å². The van der Waals surface area contributed by atoms with Gasteiger partial charge in [0.1, 0.15) is 17.0 Å². The number of anilines is 2. The molecule has 0 radical (unpaired) electrons. The number of carbonyl (C=O) groups is 2. The Morgan fingerprint density at radius 1 is 1.09 bits per heavy atom. The van der Waals surface area contributed by atoms with Gasteiger partial charge in [-0.3, -0.25) is 4.72 Å². The van der Waals surface area contributed by atoms with Crippen molar-refractivity contribution in [3.63, 3.8) is 0 Å². The van der Waals surface area contributed by atoms with E-state index in [9.17, 15) is 34.8 Å². The Morgan fingerprint density at radius 3 is 1.98 bits per heavy atom. The van der Waals surface area contributed by atoms with Gasteiger partial charge in [-0.2, -0.15) is 30.7 Å². The summed E-state index contributed by atoms with van der Waals surface area (Å²) in [6.07, 6.45) is -5.74. The number of nitrogens with zero attached hydrogens (tertiary/aromatic N) is 3. The van der Waals surface area contributed by atoms with Gasteiger partial charge in [0.25, 0.3) is 10.0 Å². The van der Waals surface area contributed by atoms with E-state index in [0.29, 0.717) is 23.4 Å². The average molecular weight is 735 g/mol. The highest BCUT2D eigenvalue weighted by atomic mass is 79.9. The Labute approximate surface area is 254 Å². The second-order valence-corrected chi connectivity index (χ2v) is 12.7. The molecule has 0 aliphatic rings. The SMILES string of the molecule is CC(N)C(CNc1ncc(S(=O)(=O)Nc2ncns2)cc1Br)CC(C)(C)CCN.O=C(O)C(F)(F)F.O=C(O)C(F)(F)F. The van der Waals surface area contributed by atoms with E-state index in [1.165, 1.54) is 18.6 Å². The number of aromatic nitrogens is 3. The van der Waals surface area contributed by atoms with Gasteiger partial charge in [-0.25, -0.2) is 28.0 Å². The lowest BCUT2D eigenvalue weighted by Gasteiger charge is -2.32. The average Bonchev–Trinajstić information content (AvgIpc) is 3.34. The molecule has 0 aliphatic heterocycles. The molecule has 0 bridgehead atoms. The Kier molecular flexibility index (Phi) is 15.8. The first-order chi connectivity index (χ1) is 19.4. The van der Waals surface area contributed by atoms with E-state index in [1.807, 2.05) is 6.92 Å². The summed E-state index contributed by atoms with van der Waals surface area (Å²) in [6, 6.07) is 1.49. The van der Waals surface area contributed by atoms with Crippen molar-refractivity contribution < 1.29 is 54.6 Å². The van der Waals surface area contributed by atoms with Crippen molar-refractivity contribution in [2.45, 2.75) is 56.9 Å². The lowest BCUT2D eigenvalue weighted by atomic mass is 9.78. The number of rotatable bonds is 11. The zero-order valence-corrected chi connectivity index (χ0v) is 25.9. The van der Waals surface area contributed by atoms with Gasteiger partial charge in [0.05, 0.1) is 4.47 Å². The molecule has 0 amide bonds. The quantitative estimate of drug-likeness (QED) is 0.181. The van der Waals surface area contributed by atoms with E-state index in [4.69, 9.17) is 31.3 Å².